The monoisotopic (exact) mass is 256 g/mol. The molecular weight excluding hydrogens is 239 g/mol. The standard InChI is InChI=1S/C13H18ClFN2/c1-9-5-12(14)10(6-13(9)15)8-17(2)11-3-4-16-7-11/h5-6,11,16H,3-4,7-8H2,1-2H3. The fraction of sp³-hybridized carbons (Fsp3) is 0.538. The second-order valence-electron chi connectivity index (χ2n) is 4.75. The molecule has 0 spiro atoms. The van der Waals surface area contributed by atoms with E-state index in [1.54, 1.807) is 19.1 Å². The highest BCUT2D eigenvalue weighted by molar-refractivity contribution is 6.31. The molecule has 1 heterocycles. The molecule has 1 aliphatic heterocycles. The number of rotatable bonds is 3. The van der Waals surface area contributed by atoms with E-state index in [1.165, 1.54) is 0 Å². The Bertz CT molecular complexity index is 403. The zero-order chi connectivity index (χ0) is 12.4. The van der Waals surface area contributed by atoms with Crippen LogP contribution in [0.3, 0.4) is 0 Å². The van der Waals surface area contributed by atoms with Crippen LogP contribution in [-0.2, 0) is 6.54 Å². The number of likely N-dealkylation sites (N-methyl/N-ethyl adjacent to an activating group) is 1. The molecule has 1 aromatic rings. The molecule has 1 aromatic carbocycles. The van der Waals surface area contributed by atoms with Gasteiger partial charge in [-0.15, -0.1) is 0 Å². The maximum Gasteiger partial charge on any atom is 0.126 e. The number of halogens is 2. The minimum absolute atomic E-state index is 0.178. The Hall–Kier alpha value is -0.640. The smallest absolute Gasteiger partial charge is 0.126 e. The minimum Gasteiger partial charge on any atom is -0.315 e. The first-order chi connectivity index (χ1) is 8.08. The second kappa shape index (κ2) is 5.34. The van der Waals surface area contributed by atoms with Crippen LogP contribution < -0.4 is 5.32 Å². The van der Waals surface area contributed by atoms with Crippen molar-refractivity contribution < 1.29 is 4.39 Å². The largest absolute Gasteiger partial charge is 0.315 e. The molecule has 1 unspecified atom stereocenters. The number of nitrogens with zero attached hydrogens (tertiary/aromatic N) is 1. The fourth-order valence-electron chi connectivity index (χ4n) is 2.22. The summed E-state index contributed by atoms with van der Waals surface area (Å²) < 4.78 is 13.5. The third-order valence-corrected chi connectivity index (χ3v) is 3.76. The van der Waals surface area contributed by atoms with E-state index in [0.29, 0.717) is 23.2 Å². The van der Waals surface area contributed by atoms with Crippen molar-refractivity contribution in [3.05, 3.63) is 34.1 Å². The van der Waals surface area contributed by atoms with Crippen molar-refractivity contribution in [1.82, 2.24) is 10.2 Å². The van der Waals surface area contributed by atoms with Crippen molar-refractivity contribution >= 4 is 11.6 Å². The van der Waals surface area contributed by atoms with Gasteiger partial charge in [-0.2, -0.15) is 0 Å². The van der Waals surface area contributed by atoms with E-state index < -0.39 is 0 Å². The van der Waals surface area contributed by atoms with Crippen molar-refractivity contribution in [3.63, 3.8) is 0 Å². The van der Waals surface area contributed by atoms with E-state index in [1.807, 2.05) is 0 Å². The minimum atomic E-state index is -0.178. The van der Waals surface area contributed by atoms with Crippen LogP contribution in [0.15, 0.2) is 12.1 Å². The van der Waals surface area contributed by atoms with Crippen molar-refractivity contribution in [1.29, 1.82) is 0 Å². The summed E-state index contributed by atoms with van der Waals surface area (Å²) in [7, 11) is 2.06. The lowest BCUT2D eigenvalue weighted by Crippen LogP contribution is -2.32. The van der Waals surface area contributed by atoms with Gasteiger partial charge in [-0.25, -0.2) is 4.39 Å². The molecule has 0 aliphatic carbocycles. The average Bonchev–Trinajstić information content (AvgIpc) is 2.79. The molecule has 0 saturated carbocycles. The van der Waals surface area contributed by atoms with Gasteiger partial charge in [-0.05, 0) is 50.2 Å². The fourth-order valence-corrected chi connectivity index (χ4v) is 2.50. The molecule has 2 nitrogen and oxygen atoms in total. The molecule has 4 heteroatoms. The lowest BCUT2D eigenvalue weighted by Gasteiger charge is -2.24. The predicted octanol–water partition coefficient (Wildman–Crippen LogP) is 2.58. The van der Waals surface area contributed by atoms with Gasteiger partial charge in [0, 0.05) is 24.2 Å². The van der Waals surface area contributed by atoms with Gasteiger partial charge in [-0.1, -0.05) is 11.6 Å². The molecule has 0 radical (unpaired) electrons. The van der Waals surface area contributed by atoms with Crippen LogP contribution in [0, 0.1) is 12.7 Å². The van der Waals surface area contributed by atoms with E-state index >= 15 is 0 Å². The third-order valence-electron chi connectivity index (χ3n) is 3.41. The number of benzene rings is 1. The lowest BCUT2D eigenvalue weighted by molar-refractivity contribution is 0.248. The van der Waals surface area contributed by atoms with E-state index in [0.717, 1.165) is 25.1 Å². The van der Waals surface area contributed by atoms with Crippen molar-refractivity contribution in [2.45, 2.75) is 25.9 Å². The molecule has 1 fully saturated rings. The summed E-state index contributed by atoms with van der Waals surface area (Å²) in [4.78, 5) is 2.23. The van der Waals surface area contributed by atoms with E-state index in [2.05, 4.69) is 17.3 Å². The van der Waals surface area contributed by atoms with Gasteiger partial charge in [0.05, 0.1) is 0 Å². The summed E-state index contributed by atoms with van der Waals surface area (Å²) in [6.45, 7) is 4.49. The topological polar surface area (TPSA) is 15.3 Å². The highest BCUT2D eigenvalue weighted by Gasteiger charge is 2.20. The molecule has 0 amide bonds. The van der Waals surface area contributed by atoms with Crippen molar-refractivity contribution in [3.8, 4) is 0 Å². The average molecular weight is 257 g/mol. The van der Waals surface area contributed by atoms with Gasteiger partial charge in [0.2, 0.25) is 0 Å². The van der Waals surface area contributed by atoms with Crippen LogP contribution in [-0.4, -0.2) is 31.1 Å². The normalized spacial score (nSPS) is 20.2. The van der Waals surface area contributed by atoms with Crippen molar-refractivity contribution in [2.24, 2.45) is 0 Å². The molecule has 0 bridgehead atoms. The Morgan fingerprint density at radius 3 is 2.94 bits per heavy atom. The highest BCUT2D eigenvalue weighted by atomic mass is 35.5. The van der Waals surface area contributed by atoms with Gasteiger partial charge >= 0.3 is 0 Å². The molecule has 94 valence electrons. The maximum atomic E-state index is 13.5. The van der Waals surface area contributed by atoms with Crippen LogP contribution in [0.2, 0.25) is 5.02 Å². The maximum absolute atomic E-state index is 13.5. The molecule has 1 saturated heterocycles. The summed E-state index contributed by atoms with van der Waals surface area (Å²) in [5.74, 6) is -0.178. The van der Waals surface area contributed by atoms with E-state index in [9.17, 15) is 4.39 Å². The van der Waals surface area contributed by atoms with Crippen LogP contribution in [0.5, 0.6) is 0 Å². The van der Waals surface area contributed by atoms with Gasteiger partial charge in [0.15, 0.2) is 0 Å². The first-order valence-corrected chi connectivity index (χ1v) is 6.31. The summed E-state index contributed by atoms with van der Waals surface area (Å²) in [6.07, 6.45) is 1.14. The zero-order valence-corrected chi connectivity index (χ0v) is 11.0. The summed E-state index contributed by atoms with van der Waals surface area (Å²) in [5.41, 5.74) is 1.47. The van der Waals surface area contributed by atoms with Gasteiger partial charge in [-0.3, -0.25) is 4.90 Å². The second-order valence-corrected chi connectivity index (χ2v) is 5.16. The predicted molar refractivity (Wildman–Crippen MR) is 68.9 cm³/mol. The Morgan fingerprint density at radius 1 is 1.53 bits per heavy atom. The molecule has 2 rings (SSSR count). The van der Waals surface area contributed by atoms with Crippen LogP contribution in [0.4, 0.5) is 4.39 Å². The van der Waals surface area contributed by atoms with Crippen LogP contribution >= 0.6 is 11.6 Å². The molecule has 0 aromatic heterocycles. The molecule has 1 atom stereocenters. The lowest BCUT2D eigenvalue weighted by atomic mass is 10.1. The van der Waals surface area contributed by atoms with E-state index in [4.69, 9.17) is 11.6 Å². The SMILES string of the molecule is Cc1cc(Cl)c(CN(C)C2CCNC2)cc1F. The highest BCUT2D eigenvalue weighted by Crippen LogP contribution is 2.22. The Kier molecular flexibility index (Phi) is 4.02. The quantitative estimate of drug-likeness (QED) is 0.894. The number of hydrogen-bond acceptors (Lipinski definition) is 2. The van der Waals surface area contributed by atoms with Crippen LogP contribution in [0.25, 0.3) is 0 Å². The Morgan fingerprint density at radius 2 is 2.29 bits per heavy atom. The Labute approximate surface area is 107 Å². The first kappa shape index (κ1) is 12.8. The number of aryl methyl sites for hydroxylation is 1. The van der Waals surface area contributed by atoms with Gasteiger partial charge < -0.3 is 5.32 Å². The molecule has 17 heavy (non-hydrogen) atoms. The first-order valence-electron chi connectivity index (χ1n) is 5.93. The summed E-state index contributed by atoms with van der Waals surface area (Å²) in [5, 5.41) is 3.98. The molecule has 1 N–H and O–H groups in total. The molecule has 1 aliphatic rings. The summed E-state index contributed by atoms with van der Waals surface area (Å²) in [6, 6.07) is 3.78. The number of nitrogens with one attached hydrogen (secondary N) is 1. The third kappa shape index (κ3) is 2.97. The van der Waals surface area contributed by atoms with Crippen molar-refractivity contribution in [2.75, 3.05) is 20.1 Å². The Balaban J connectivity index is 2.09. The summed E-state index contributed by atoms with van der Waals surface area (Å²) >= 11 is 6.14. The molecular formula is C13H18ClFN2. The van der Waals surface area contributed by atoms with Crippen LogP contribution in [0.1, 0.15) is 17.5 Å². The van der Waals surface area contributed by atoms with Gasteiger partial charge in [0.25, 0.3) is 0 Å². The van der Waals surface area contributed by atoms with E-state index in [-0.39, 0.29) is 5.82 Å². The van der Waals surface area contributed by atoms with Gasteiger partial charge in [0.1, 0.15) is 5.82 Å². The number of hydrogen-bond donors (Lipinski definition) is 1. The zero-order valence-electron chi connectivity index (χ0n) is 10.3.